The largest absolute Gasteiger partial charge is 0.355 e. The number of rotatable bonds is 7. The van der Waals surface area contributed by atoms with Crippen LogP contribution in [0.4, 0.5) is 0 Å². The lowest BCUT2D eigenvalue weighted by Crippen LogP contribution is -2.44. The molecular formula is C20H26N2O. The summed E-state index contributed by atoms with van der Waals surface area (Å²) >= 11 is 0. The van der Waals surface area contributed by atoms with Crippen LogP contribution >= 0.6 is 0 Å². The smallest absolute Gasteiger partial charge is 0.236 e. The third-order valence-electron chi connectivity index (χ3n) is 3.90. The van der Waals surface area contributed by atoms with Gasteiger partial charge in [0.15, 0.2) is 0 Å². The number of amides is 1. The second-order valence-electron chi connectivity index (χ2n) is 5.93. The zero-order valence-electron chi connectivity index (χ0n) is 14.2. The molecule has 0 saturated carbocycles. The highest BCUT2D eigenvalue weighted by atomic mass is 16.2. The average Bonchev–Trinajstić information content (AvgIpc) is 2.59. The fourth-order valence-corrected chi connectivity index (χ4v) is 2.52. The standard InChI is InChI=1S/C20H26N2O/c1-4-14-21-20(23)16(3)22-19(17-8-6-5-7-9-17)18-12-10-15(2)11-13-18/h5-13,16,19,22H,4,14H2,1-3H3,(H,21,23). The van der Waals surface area contributed by atoms with Gasteiger partial charge in [-0.25, -0.2) is 0 Å². The van der Waals surface area contributed by atoms with Gasteiger partial charge in [-0.05, 0) is 31.4 Å². The molecule has 0 spiro atoms. The molecule has 0 radical (unpaired) electrons. The molecular weight excluding hydrogens is 284 g/mol. The molecule has 0 aromatic heterocycles. The lowest BCUT2D eigenvalue weighted by Gasteiger charge is -2.24. The summed E-state index contributed by atoms with van der Waals surface area (Å²) in [5.74, 6) is 0.0416. The molecule has 0 heterocycles. The van der Waals surface area contributed by atoms with E-state index < -0.39 is 0 Å². The van der Waals surface area contributed by atoms with E-state index in [1.807, 2.05) is 25.1 Å². The van der Waals surface area contributed by atoms with Crippen LogP contribution in [0.15, 0.2) is 54.6 Å². The van der Waals surface area contributed by atoms with E-state index in [1.165, 1.54) is 5.56 Å². The molecule has 2 N–H and O–H groups in total. The van der Waals surface area contributed by atoms with Gasteiger partial charge in [0.1, 0.15) is 0 Å². The van der Waals surface area contributed by atoms with E-state index in [-0.39, 0.29) is 18.0 Å². The highest BCUT2D eigenvalue weighted by Gasteiger charge is 2.20. The Labute approximate surface area is 139 Å². The Morgan fingerprint density at radius 3 is 2.22 bits per heavy atom. The first-order valence-corrected chi connectivity index (χ1v) is 8.27. The molecule has 3 nitrogen and oxygen atoms in total. The Kier molecular flexibility index (Phi) is 6.36. The highest BCUT2D eigenvalue weighted by Crippen LogP contribution is 2.23. The Balaban J connectivity index is 2.20. The summed E-state index contributed by atoms with van der Waals surface area (Å²) < 4.78 is 0. The summed E-state index contributed by atoms with van der Waals surface area (Å²) in [6, 6.07) is 18.4. The van der Waals surface area contributed by atoms with Gasteiger partial charge in [-0.15, -0.1) is 0 Å². The lowest BCUT2D eigenvalue weighted by atomic mass is 9.97. The molecule has 2 aromatic rings. The third kappa shape index (κ3) is 4.93. The predicted octanol–water partition coefficient (Wildman–Crippen LogP) is 3.59. The van der Waals surface area contributed by atoms with Crippen molar-refractivity contribution in [2.45, 2.75) is 39.3 Å². The first kappa shape index (κ1) is 17.2. The van der Waals surface area contributed by atoms with E-state index in [0.29, 0.717) is 6.54 Å². The Morgan fingerprint density at radius 2 is 1.61 bits per heavy atom. The van der Waals surface area contributed by atoms with Crippen molar-refractivity contribution < 1.29 is 4.79 Å². The van der Waals surface area contributed by atoms with Gasteiger partial charge < -0.3 is 5.32 Å². The summed E-state index contributed by atoms with van der Waals surface area (Å²) in [7, 11) is 0. The molecule has 0 aliphatic rings. The number of carbonyl (C=O) groups excluding carboxylic acids is 1. The van der Waals surface area contributed by atoms with E-state index >= 15 is 0 Å². The second-order valence-corrected chi connectivity index (χ2v) is 5.93. The van der Waals surface area contributed by atoms with Gasteiger partial charge >= 0.3 is 0 Å². The minimum atomic E-state index is -0.256. The molecule has 0 aliphatic heterocycles. The van der Waals surface area contributed by atoms with E-state index in [4.69, 9.17) is 0 Å². The van der Waals surface area contributed by atoms with Crippen molar-refractivity contribution in [2.24, 2.45) is 0 Å². The molecule has 1 amide bonds. The molecule has 2 unspecified atom stereocenters. The van der Waals surface area contributed by atoms with Crippen LogP contribution in [0.25, 0.3) is 0 Å². The Hall–Kier alpha value is -2.13. The number of hydrogen-bond donors (Lipinski definition) is 2. The quantitative estimate of drug-likeness (QED) is 0.820. The van der Waals surface area contributed by atoms with E-state index in [1.54, 1.807) is 0 Å². The van der Waals surface area contributed by atoms with E-state index in [0.717, 1.165) is 17.5 Å². The topological polar surface area (TPSA) is 41.1 Å². The monoisotopic (exact) mass is 310 g/mol. The van der Waals surface area contributed by atoms with Crippen molar-refractivity contribution in [3.63, 3.8) is 0 Å². The first-order valence-electron chi connectivity index (χ1n) is 8.27. The first-order chi connectivity index (χ1) is 11.1. The van der Waals surface area contributed by atoms with Gasteiger partial charge in [-0.2, -0.15) is 0 Å². The lowest BCUT2D eigenvalue weighted by molar-refractivity contribution is -0.122. The number of carbonyl (C=O) groups is 1. The summed E-state index contributed by atoms with van der Waals surface area (Å²) in [6.45, 7) is 6.76. The van der Waals surface area contributed by atoms with Crippen molar-refractivity contribution in [1.29, 1.82) is 0 Å². The van der Waals surface area contributed by atoms with Crippen LogP contribution in [0.1, 0.15) is 43.0 Å². The van der Waals surface area contributed by atoms with Crippen molar-refractivity contribution in [3.8, 4) is 0 Å². The van der Waals surface area contributed by atoms with Crippen LogP contribution in [0.3, 0.4) is 0 Å². The highest BCUT2D eigenvalue weighted by molar-refractivity contribution is 5.81. The van der Waals surface area contributed by atoms with Gasteiger partial charge in [0.25, 0.3) is 0 Å². The van der Waals surface area contributed by atoms with Crippen molar-refractivity contribution >= 4 is 5.91 Å². The summed E-state index contributed by atoms with van der Waals surface area (Å²) in [4.78, 5) is 12.2. The molecule has 23 heavy (non-hydrogen) atoms. The maximum Gasteiger partial charge on any atom is 0.236 e. The van der Waals surface area contributed by atoms with Crippen molar-refractivity contribution in [2.75, 3.05) is 6.54 Å². The number of nitrogens with one attached hydrogen (secondary N) is 2. The molecule has 2 atom stereocenters. The number of hydrogen-bond acceptors (Lipinski definition) is 2. The maximum atomic E-state index is 12.2. The Bertz CT molecular complexity index is 607. The van der Waals surface area contributed by atoms with Gasteiger partial charge in [-0.1, -0.05) is 67.1 Å². The average molecular weight is 310 g/mol. The maximum absolute atomic E-state index is 12.2. The molecule has 0 bridgehead atoms. The third-order valence-corrected chi connectivity index (χ3v) is 3.90. The van der Waals surface area contributed by atoms with Crippen LogP contribution in [-0.2, 0) is 4.79 Å². The van der Waals surface area contributed by atoms with Gasteiger partial charge in [-0.3, -0.25) is 10.1 Å². The Morgan fingerprint density at radius 1 is 1.00 bits per heavy atom. The van der Waals surface area contributed by atoms with Crippen LogP contribution in [0.2, 0.25) is 0 Å². The van der Waals surface area contributed by atoms with Gasteiger partial charge in [0.05, 0.1) is 12.1 Å². The normalized spacial score (nSPS) is 13.3. The van der Waals surface area contributed by atoms with E-state index in [9.17, 15) is 4.79 Å². The molecule has 2 rings (SSSR count). The van der Waals surface area contributed by atoms with Crippen LogP contribution in [-0.4, -0.2) is 18.5 Å². The number of benzene rings is 2. The molecule has 2 aromatic carbocycles. The zero-order valence-corrected chi connectivity index (χ0v) is 14.2. The van der Waals surface area contributed by atoms with Crippen LogP contribution in [0, 0.1) is 6.92 Å². The van der Waals surface area contributed by atoms with Crippen LogP contribution < -0.4 is 10.6 Å². The van der Waals surface area contributed by atoms with Gasteiger partial charge in [0, 0.05) is 6.54 Å². The summed E-state index contributed by atoms with van der Waals surface area (Å²) in [5.41, 5.74) is 3.55. The van der Waals surface area contributed by atoms with Crippen molar-refractivity contribution in [3.05, 3.63) is 71.3 Å². The van der Waals surface area contributed by atoms with Crippen molar-refractivity contribution in [1.82, 2.24) is 10.6 Å². The summed E-state index contributed by atoms with van der Waals surface area (Å²) in [6.07, 6.45) is 0.943. The van der Waals surface area contributed by atoms with E-state index in [2.05, 4.69) is 60.9 Å². The molecule has 0 fully saturated rings. The SMILES string of the molecule is CCCNC(=O)C(C)NC(c1ccccc1)c1ccc(C)cc1. The minimum Gasteiger partial charge on any atom is -0.355 e. The molecule has 0 saturated heterocycles. The summed E-state index contributed by atoms with van der Waals surface area (Å²) in [5, 5.41) is 6.41. The second kappa shape index (κ2) is 8.49. The minimum absolute atomic E-state index is 0.000762. The predicted molar refractivity (Wildman–Crippen MR) is 95.4 cm³/mol. The van der Waals surface area contributed by atoms with Crippen LogP contribution in [0.5, 0.6) is 0 Å². The number of aryl methyl sites for hydroxylation is 1. The molecule has 122 valence electrons. The molecule has 3 heteroatoms. The molecule has 0 aliphatic carbocycles. The fraction of sp³-hybridized carbons (Fsp3) is 0.350. The van der Waals surface area contributed by atoms with Gasteiger partial charge in [0.2, 0.25) is 5.91 Å². The fourth-order valence-electron chi connectivity index (χ4n) is 2.52. The zero-order chi connectivity index (χ0) is 16.7.